The van der Waals surface area contributed by atoms with Gasteiger partial charge in [-0.25, -0.2) is 5.84 Å². The molecule has 0 aromatic carbocycles. The Morgan fingerprint density at radius 2 is 1.65 bits per heavy atom. The lowest BCUT2D eigenvalue weighted by atomic mass is 10.0. The number of nitrogens with one attached hydrogen (secondary N) is 1. The summed E-state index contributed by atoms with van der Waals surface area (Å²) in [5, 5.41) is 0. The van der Waals surface area contributed by atoms with Crippen molar-refractivity contribution in [2.75, 3.05) is 0 Å². The van der Waals surface area contributed by atoms with E-state index in [0.717, 1.165) is 29.5 Å². The number of nitrogens with two attached hydrogens (primary N) is 1. The van der Waals surface area contributed by atoms with E-state index in [2.05, 4.69) is 5.43 Å². The van der Waals surface area contributed by atoms with E-state index in [9.17, 15) is 0 Å². The predicted octanol–water partition coefficient (Wildman–Crippen LogP) is 2.08. The Hall–Kier alpha value is -0.570. The molecule has 0 spiro atoms. The van der Waals surface area contributed by atoms with Crippen molar-refractivity contribution in [3.8, 4) is 0 Å². The zero-order chi connectivity index (χ0) is 11.4. The summed E-state index contributed by atoms with van der Waals surface area (Å²) in [7, 11) is 0. The van der Waals surface area contributed by atoms with Gasteiger partial charge in [0.15, 0.2) is 0 Å². The molecule has 0 aliphatic heterocycles. The minimum atomic E-state index is 0.569. The van der Waals surface area contributed by atoms with Gasteiger partial charge in [0.25, 0.3) is 0 Å². The first-order valence-electron chi connectivity index (χ1n) is 7.43. The molecule has 4 aliphatic rings. The summed E-state index contributed by atoms with van der Waals surface area (Å²) in [6.45, 7) is 0. The Labute approximate surface area is 103 Å². The highest BCUT2D eigenvalue weighted by atomic mass is 15.3. The van der Waals surface area contributed by atoms with Crippen LogP contribution in [0.3, 0.4) is 0 Å². The Morgan fingerprint density at radius 1 is 1.00 bits per heavy atom. The molecular weight excluding hydrogens is 210 g/mol. The van der Waals surface area contributed by atoms with E-state index in [-0.39, 0.29) is 0 Å². The van der Waals surface area contributed by atoms with Crippen LogP contribution in [-0.2, 0) is 0 Å². The predicted molar refractivity (Wildman–Crippen MR) is 68.3 cm³/mol. The van der Waals surface area contributed by atoms with E-state index in [1.165, 1.54) is 44.9 Å². The summed E-state index contributed by atoms with van der Waals surface area (Å²) in [5.74, 6) is 11.5. The third-order valence-electron chi connectivity index (χ3n) is 5.85. The highest BCUT2D eigenvalue weighted by molar-refractivity contribution is 5.87. The number of aliphatic imine (C=N–C) groups is 1. The topological polar surface area (TPSA) is 50.4 Å². The SMILES string of the molecule is NNC(=NC1CCCC1)C1C2C3CCC(C3)C12. The quantitative estimate of drug-likeness (QED) is 0.332. The molecule has 0 saturated heterocycles. The third-order valence-corrected chi connectivity index (χ3v) is 5.85. The maximum absolute atomic E-state index is 5.73. The van der Waals surface area contributed by atoms with Crippen LogP contribution in [0.15, 0.2) is 4.99 Å². The molecule has 0 aromatic heterocycles. The van der Waals surface area contributed by atoms with Gasteiger partial charge in [0.05, 0.1) is 6.04 Å². The normalized spacial score (nSPS) is 48.5. The molecule has 4 rings (SSSR count). The van der Waals surface area contributed by atoms with Crippen molar-refractivity contribution < 1.29 is 0 Å². The second-order valence-electron chi connectivity index (χ2n) is 6.61. The molecule has 0 heterocycles. The van der Waals surface area contributed by atoms with Crippen LogP contribution >= 0.6 is 0 Å². The van der Waals surface area contributed by atoms with Gasteiger partial charge < -0.3 is 5.43 Å². The van der Waals surface area contributed by atoms with Crippen LogP contribution in [0.4, 0.5) is 0 Å². The smallest absolute Gasteiger partial charge is 0.114 e. The third kappa shape index (κ3) is 1.48. The molecule has 4 fully saturated rings. The van der Waals surface area contributed by atoms with Crippen LogP contribution in [0.5, 0.6) is 0 Å². The second kappa shape index (κ2) is 3.71. The summed E-state index contributed by atoms with van der Waals surface area (Å²) in [5.41, 5.74) is 2.94. The van der Waals surface area contributed by atoms with Gasteiger partial charge in [0.2, 0.25) is 0 Å². The van der Waals surface area contributed by atoms with Crippen LogP contribution in [-0.4, -0.2) is 11.9 Å². The van der Waals surface area contributed by atoms with E-state index >= 15 is 0 Å². The fourth-order valence-electron chi connectivity index (χ4n) is 5.14. The van der Waals surface area contributed by atoms with E-state index < -0.39 is 0 Å². The van der Waals surface area contributed by atoms with E-state index in [1.807, 2.05) is 0 Å². The summed E-state index contributed by atoms with van der Waals surface area (Å²) in [6.07, 6.45) is 9.73. The van der Waals surface area contributed by atoms with Crippen molar-refractivity contribution in [3.05, 3.63) is 0 Å². The largest absolute Gasteiger partial charge is 0.312 e. The first-order valence-corrected chi connectivity index (χ1v) is 7.43. The van der Waals surface area contributed by atoms with Gasteiger partial charge in [-0.15, -0.1) is 0 Å². The lowest BCUT2D eigenvalue weighted by Gasteiger charge is -2.13. The van der Waals surface area contributed by atoms with Crippen molar-refractivity contribution in [1.29, 1.82) is 0 Å². The van der Waals surface area contributed by atoms with Crippen LogP contribution in [0.2, 0.25) is 0 Å². The molecule has 4 atom stereocenters. The molecule has 0 amide bonds. The number of hydrogen-bond donors (Lipinski definition) is 2. The highest BCUT2D eigenvalue weighted by Crippen LogP contribution is 2.69. The Morgan fingerprint density at radius 3 is 2.24 bits per heavy atom. The lowest BCUT2D eigenvalue weighted by molar-refractivity contribution is 0.456. The van der Waals surface area contributed by atoms with E-state index in [0.29, 0.717) is 12.0 Å². The van der Waals surface area contributed by atoms with Crippen molar-refractivity contribution in [1.82, 2.24) is 5.43 Å². The summed E-state index contributed by atoms with van der Waals surface area (Å²) >= 11 is 0. The summed E-state index contributed by atoms with van der Waals surface area (Å²) in [6, 6.07) is 0.569. The number of nitrogens with zero attached hydrogens (tertiary/aromatic N) is 1. The Kier molecular flexibility index (Phi) is 2.26. The van der Waals surface area contributed by atoms with Gasteiger partial charge in [-0.2, -0.15) is 0 Å². The first kappa shape index (κ1) is 10.4. The van der Waals surface area contributed by atoms with Gasteiger partial charge in [-0.05, 0) is 55.8 Å². The molecule has 4 aliphatic carbocycles. The first-order chi connectivity index (χ1) is 8.38. The molecule has 0 radical (unpaired) electrons. The monoisotopic (exact) mass is 233 g/mol. The van der Waals surface area contributed by atoms with Crippen LogP contribution < -0.4 is 11.3 Å². The molecule has 3 heteroatoms. The fourth-order valence-corrected chi connectivity index (χ4v) is 5.14. The number of fused-ring (bicyclic) bond motifs is 5. The van der Waals surface area contributed by atoms with Gasteiger partial charge in [-0.1, -0.05) is 12.8 Å². The zero-order valence-corrected chi connectivity index (χ0v) is 10.4. The highest BCUT2D eigenvalue weighted by Gasteiger charge is 2.66. The van der Waals surface area contributed by atoms with E-state index in [4.69, 9.17) is 10.8 Å². The zero-order valence-electron chi connectivity index (χ0n) is 10.4. The minimum absolute atomic E-state index is 0.569. The van der Waals surface area contributed by atoms with Crippen molar-refractivity contribution >= 4 is 5.84 Å². The summed E-state index contributed by atoms with van der Waals surface area (Å²) < 4.78 is 0. The second-order valence-corrected chi connectivity index (χ2v) is 6.61. The molecule has 94 valence electrons. The molecule has 2 bridgehead atoms. The standard InChI is InChI=1S/C14H23N3/c15-17-14(16-10-3-1-2-4-10)13-11-8-5-6-9(7-8)12(11)13/h8-13H,1-7,15H2,(H,16,17). The summed E-state index contributed by atoms with van der Waals surface area (Å²) in [4.78, 5) is 4.92. The molecule has 4 saturated carbocycles. The number of amidine groups is 1. The number of rotatable bonds is 2. The van der Waals surface area contributed by atoms with Gasteiger partial charge in [0, 0.05) is 5.92 Å². The average Bonchev–Trinajstić information content (AvgIpc) is 2.82. The van der Waals surface area contributed by atoms with Gasteiger partial charge in [0.1, 0.15) is 5.84 Å². The minimum Gasteiger partial charge on any atom is -0.312 e. The number of hydrogen-bond acceptors (Lipinski definition) is 2. The maximum Gasteiger partial charge on any atom is 0.114 e. The van der Waals surface area contributed by atoms with Crippen LogP contribution in [0.1, 0.15) is 44.9 Å². The molecule has 0 aromatic rings. The molecular formula is C14H23N3. The molecule has 3 nitrogen and oxygen atoms in total. The van der Waals surface area contributed by atoms with Crippen molar-refractivity contribution in [3.63, 3.8) is 0 Å². The average molecular weight is 233 g/mol. The van der Waals surface area contributed by atoms with Crippen LogP contribution in [0, 0.1) is 29.6 Å². The van der Waals surface area contributed by atoms with E-state index in [1.54, 1.807) is 0 Å². The maximum atomic E-state index is 5.73. The molecule has 4 unspecified atom stereocenters. The molecule has 3 N–H and O–H groups in total. The Balaban J connectivity index is 1.50. The lowest BCUT2D eigenvalue weighted by Crippen LogP contribution is -2.34. The van der Waals surface area contributed by atoms with Gasteiger partial charge in [-0.3, -0.25) is 4.99 Å². The van der Waals surface area contributed by atoms with Crippen molar-refractivity contribution in [2.24, 2.45) is 40.4 Å². The van der Waals surface area contributed by atoms with Crippen molar-refractivity contribution in [2.45, 2.75) is 51.0 Å². The van der Waals surface area contributed by atoms with Gasteiger partial charge >= 0.3 is 0 Å². The molecule has 17 heavy (non-hydrogen) atoms. The van der Waals surface area contributed by atoms with Crippen LogP contribution in [0.25, 0.3) is 0 Å². The number of hydrazine groups is 1. The fraction of sp³-hybridized carbons (Fsp3) is 0.929. The Bertz CT molecular complexity index is 329.